The quantitative estimate of drug-likeness (QED) is 0.250. The van der Waals surface area contributed by atoms with Crippen LogP contribution in [0.15, 0.2) is 76.4 Å². The van der Waals surface area contributed by atoms with Gasteiger partial charge in [0.05, 0.1) is 25.9 Å². The van der Waals surface area contributed by atoms with Gasteiger partial charge in [-0.3, -0.25) is 24.0 Å². The second kappa shape index (κ2) is 13.7. The molecule has 3 aliphatic heterocycles. The van der Waals surface area contributed by atoms with Crippen molar-refractivity contribution in [1.29, 1.82) is 0 Å². The summed E-state index contributed by atoms with van der Waals surface area (Å²) in [6.07, 6.45) is -1.41. The Balaban J connectivity index is 1.31. The zero-order chi connectivity index (χ0) is 35.1. The van der Waals surface area contributed by atoms with Crippen molar-refractivity contribution in [2.45, 2.75) is 109 Å². The van der Waals surface area contributed by atoms with Gasteiger partial charge in [0.15, 0.2) is 12.0 Å². The first kappa shape index (κ1) is 35.4. The maximum Gasteiger partial charge on any atom is 0.328 e. The fourth-order valence-electron chi connectivity index (χ4n) is 7.37. The molecular weight excluding hydrogens is 646 g/mol. The highest BCUT2D eigenvalue weighted by Gasteiger charge is 2.61. The molecule has 1 aromatic heterocycles. The minimum absolute atomic E-state index is 0.104. The number of nitrogens with one attached hydrogen (secondary N) is 1. The largest absolute Gasteiger partial charge is 0.465 e. The standard InChI is InChI=1S/C36H47N3O9Si/c1-8-43-33(41)27-19-24(21-38-20-23(2)31(40)37-34(38)42)48-39(27)32-30-29(46-36(6,7)47-30)28(45-32)22-44-49(35(3,4)5,25-15-11-9-12-16-25)26-17-13-10-14-18-26/h9-18,20,24,27-30,32H,8,19,21-22H2,1-7H3,(H,37,40,42)/t24-,27+,28-,29-,30-,32-/m1/s1. The summed E-state index contributed by atoms with van der Waals surface area (Å²) in [6, 6.07) is 19.9. The van der Waals surface area contributed by atoms with Crippen molar-refractivity contribution < 1.29 is 33.0 Å². The van der Waals surface area contributed by atoms with Crippen molar-refractivity contribution in [2.75, 3.05) is 13.2 Å². The number of carbonyl (C=O) groups excluding carboxylic acids is 1. The zero-order valence-corrected chi connectivity index (χ0v) is 30.2. The third kappa shape index (κ3) is 6.85. The minimum atomic E-state index is -2.91. The van der Waals surface area contributed by atoms with Crippen molar-refractivity contribution >= 4 is 24.7 Å². The number of nitrogens with zero attached hydrogens (tertiary/aromatic N) is 2. The van der Waals surface area contributed by atoms with Crippen LogP contribution >= 0.6 is 0 Å². The number of esters is 1. The zero-order valence-electron chi connectivity index (χ0n) is 29.2. The molecular formula is C36H47N3O9Si. The lowest BCUT2D eigenvalue weighted by molar-refractivity contribution is -0.286. The number of hydrogen-bond acceptors (Lipinski definition) is 10. The molecule has 0 spiro atoms. The highest BCUT2D eigenvalue weighted by molar-refractivity contribution is 6.99. The third-order valence-electron chi connectivity index (χ3n) is 9.47. The van der Waals surface area contributed by atoms with E-state index in [4.69, 9.17) is 28.2 Å². The Kier molecular flexibility index (Phi) is 9.90. The monoisotopic (exact) mass is 693 g/mol. The van der Waals surface area contributed by atoms with Gasteiger partial charge < -0.3 is 23.4 Å². The van der Waals surface area contributed by atoms with E-state index in [2.05, 4.69) is 50.0 Å². The Morgan fingerprint density at radius 3 is 2.20 bits per heavy atom. The van der Waals surface area contributed by atoms with Crippen LogP contribution in [-0.2, 0) is 39.6 Å². The van der Waals surface area contributed by atoms with Gasteiger partial charge in [-0.25, -0.2) is 4.79 Å². The van der Waals surface area contributed by atoms with Gasteiger partial charge in [0.1, 0.15) is 24.4 Å². The number of benzene rings is 2. The SMILES string of the molecule is CCOC(=O)[C@@H]1C[C@H](Cn2cc(C)c(=O)[nH]c2=O)ON1[C@@H]1O[C@H](CO[Si](c2ccccc2)(c2ccccc2)C(C)(C)C)[C@H]2OC(C)(C)O[C@H]21. The van der Waals surface area contributed by atoms with Crippen LogP contribution in [0.25, 0.3) is 0 Å². The maximum atomic E-state index is 13.4. The van der Waals surface area contributed by atoms with Crippen molar-refractivity contribution in [3.8, 4) is 0 Å². The molecule has 4 heterocycles. The number of aromatic amines is 1. The van der Waals surface area contributed by atoms with Crippen LogP contribution < -0.4 is 21.6 Å². The smallest absolute Gasteiger partial charge is 0.328 e. The van der Waals surface area contributed by atoms with Crippen molar-refractivity contribution in [2.24, 2.45) is 0 Å². The lowest BCUT2D eigenvalue weighted by Gasteiger charge is -2.43. The number of hydroxylamine groups is 2. The van der Waals surface area contributed by atoms with E-state index in [9.17, 15) is 14.4 Å². The number of H-pyrrole nitrogens is 1. The van der Waals surface area contributed by atoms with E-state index < -0.39 is 68.0 Å². The molecule has 13 heteroatoms. The summed E-state index contributed by atoms with van der Waals surface area (Å²) < 4.78 is 33.7. The van der Waals surface area contributed by atoms with Crippen LogP contribution in [0, 0.1) is 6.92 Å². The summed E-state index contributed by atoms with van der Waals surface area (Å²) >= 11 is 0. The molecule has 6 rings (SSSR count). The molecule has 3 saturated heterocycles. The van der Waals surface area contributed by atoms with E-state index in [-0.39, 0.29) is 31.2 Å². The van der Waals surface area contributed by atoms with Gasteiger partial charge in [0.2, 0.25) is 0 Å². The van der Waals surface area contributed by atoms with Gasteiger partial charge in [0.25, 0.3) is 13.9 Å². The Morgan fingerprint density at radius 2 is 1.61 bits per heavy atom. The van der Waals surface area contributed by atoms with Crippen LogP contribution in [-0.4, -0.2) is 84.6 Å². The summed E-state index contributed by atoms with van der Waals surface area (Å²) in [6.45, 7) is 14.2. The molecule has 3 fully saturated rings. The number of ether oxygens (including phenoxy) is 4. The molecule has 0 bridgehead atoms. The molecule has 2 aromatic carbocycles. The van der Waals surface area contributed by atoms with Crippen LogP contribution in [0.1, 0.15) is 53.5 Å². The minimum Gasteiger partial charge on any atom is -0.465 e. The molecule has 0 amide bonds. The maximum absolute atomic E-state index is 13.4. The number of carbonyl (C=O) groups is 1. The fraction of sp³-hybridized carbons (Fsp3) is 0.528. The van der Waals surface area contributed by atoms with Crippen LogP contribution in [0.2, 0.25) is 5.04 Å². The van der Waals surface area contributed by atoms with E-state index >= 15 is 0 Å². The van der Waals surface area contributed by atoms with E-state index in [1.165, 1.54) is 15.8 Å². The average Bonchev–Trinajstić information content (AvgIpc) is 3.71. The molecule has 49 heavy (non-hydrogen) atoms. The molecule has 0 saturated carbocycles. The van der Waals surface area contributed by atoms with Crippen LogP contribution in [0.5, 0.6) is 0 Å². The lowest BCUT2D eigenvalue weighted by Crippen LogP contribution is -2.67. The van der Waals surface area contributed by atoms with E-state index in [0.717, 1.165) is 10.4 Å². The number of aryl methyl sites for hydroxylation is 1. The first-order valence-electron chi connectivity index (χ1n) is 16.9. The lowest BCUT2D eigenvalue weighted by atomic mass is 10.1. The molecule has 3 aromatic rings. The number of hydrogen-bond donors (Lipinski definition) is 1. The summed E-state index contributed by atoms with van der Waals surface area (Å²) in [5, 5.41) is 3.55. The Hall–Kier alpha value is -3.43. The molecule has 0 unspecified atom stereocenters. The molecule has 3 aliphatic rings. The fourth-order valence-corrected chi connectivity index (χ4v) is 11.9. The molecule has 264 valence electrons. The van der Waals surface area contributed by atoms with Crippen molar-refractivity contribution in [3.05, 3.63) is 93.3 Å². The van der Waals surface area contributed by atoms with Gasteiger partial charge in [-0.15, -0.1) is 5.06 Å². The molecule has 0 radical (unpaired) electrons. The van der Waals surface area contributed by atoms with Crippen molar-refractivity contribution in [3.63, 3.8) is 0 Å². The van der Waals surface area contributed by atoms with Crippen molar-refractivity contribution in [1.82, 2.24) is 14.6 Å². The number of aromatic nitrogens is 2. The normalized spacial score (nSPS) is 26.9. The van der Waals surface area contributed by atoms with Gasteiger partial charge in [-0.05, 0) is 43.1 Å². The number of fused-ring (bicyclic) bond motifs is 1. The van der Waals surface area contributed by atoms with Gasteiger partial charge >= 0.3 is 11.7 Å². The van der Waals surface area contributed by atoms with Gasteiger partial charge in [0, 0.05) is 18.2 Å². The number of rotatable bonds is 10. The summed E-state index contributed by atoms with van der Waals surface area (Å²) in [5.41, 5.74) is -0.615. The Morgan fingerprint density at radius 1 is 1.00 bits per heavy atom. The van der Waals surface area contributed by atoms with E-state index in [1.807, 2.05) is 50.2 Å². The van der Waals surface area contributed by atoms with Gasteiger partial charge in [-0.1, -0.05) is 81.4 Å². The predicted molar refractivity (Wildman–Crippen MR) is 184 cm³/mol. The molecule has 0 aliphatic carbocycles. The van der Waals surface area contributed by atoms with E-state index in [1.54, 1.807) is 13.8 Å². The van der Waals surface area contributed by atoms with Crippen LogP contribution in [0.3, 0.4) is 0 Å². The topological polar surface area (TPSA) is 131 Å². The summed E-state index contributed by atoms with van der Waals surface area (Å²) in [7, 11) is -2.91. The molecule has 6 atom stereocenters. The Labute approximate surface area is 287 Å². The third-order valence-corrected chi connectivity index (χ3v) is 14.5. The highest BCUT2D eigenvalue weighted by atomic mass is 28.4. The average molecular weight is 694 g/mol. The Bertz CT molecular complexity index is 1700. The first-order chi connectivity index (χ1) is 23.2. The second-order valence-electron chi connectivity index (χ2n) is 14.4. The second-order valence-corrected chi connectivity index (χ2v) is 18.7. The molecule has 12 nitrogen and oxygen atoms in total. The van der Waals surface area contributed by atoms with Gasteiger partial charge in [-0.2, -0.15) is 0 Å². The predicted octanol–water partition coefficient (Wildman–Crippen LogP) is 2.60. The highest BCUT2D eigenvalue weighted by Crippen LogP contribution is 2.44. The van der Waals surface area contributed by atoms with E-state index in [0.29, 0.717) is 5.56 Å². The van der Waals surface area contributed by atoms with Crippen LogP contribution in [0.4, 0.5) is 0 Å². The summed E-state index contributed by atoms with van der Waals surface area (Å²) in [5.74, 6) is -1.40. The first-order valence-corrected chi connectivity index (χ1v) is 18.8. The molecule has 1 N–H and O–H groups in total. The summed E-state index contributed by atoms with van der Waals surface area (Å²) in [4.78, 5) is 46.7.